The molecule has 0 heterocycles. The Kier molecular flexibility index (Phi) is 2.43. The molecule has 1 N–H and O–H groups in total. The van der Waals surface area contributed by atoms with Crippen LogP contribution in [-0.4, -0.2) is 0 Å². The molecule has 0 saturated heterocycles. The second-order valence-electron chi connectivity index (χ2n) is 3.76. The first-order valence-electron chi connectivity index (χ1n) is 4.53. The van der Waals surface area contributed by atoms with Crippen LogP contribution in [0.4, 0.5) is 13.2 Å². The van der Waals surface area contributed by atoms with Crippen molar-refractivity contribution in [2.45, 2.75) is 24.6 Å². The molecule has 1 saturated carbocycles. The summed E-state index contributed by atoms with van der Waals surface area (Å²) in [4.78, 5) is 2.55. The van der Waals surface area contributed by atoms with E-state index in [4.69, 9.17) is 11.8 Å². The molecule has 0 amide bonds. The van der Waals surface area contributed by atoms with Crippen LogP contribution in [0.15, 0.2) is 24.3 Å². The maximum Gasteiger partial charge on any atom is 0.416 e. The summed E-state index contributed by atoms with van der Waals surface area (Å²) in [5.74, 6) is 0. The smallest absolute Gasteiger partial charge is 0.223 e. The fourth-order valence-electron chi connectivity index (χ4n) is 1.56. The molecular weight excluding hydrogens is 227 g/mol. The number of halogens is 4. The molecular formula is C10H9ClF3N. The van der Waals surface area contributed by atoms with Crippen molar-refractivity contribution in [1.29, 1.82) is 0 Å². The van der Waals surface area contributed by atoms with E-state index in [0.717, 1.165) is 25.0 Å². The van der Waals surface area contributed by atoms with Gasteiger partial charge < -0.3 is 0 Å². The van der Waals surface area contributed by atoms with E-state index in [1.54, 1.807) is 6.07 Å². The fraction of sp³-hybridized carbons (Fsp3) is 0.400. The van der Waals surface area contributed by atoms with Gasteiger partial charge in [-0.1, -0.05) is 12.1 Å². The second kappa shape index (κ2) is 3.39. The summed E-state index contributed by atoms with van der Waals surface area (Å²) >= 11 is 5.53. The van der Waals surface area contributed by atoms with Gasteiger partial charge >= 0.3 is 6.18 Å². The van der Waals surface area contributed by atoms with Crippen molar-refractivity contribution in [3.8, 4) is 0 Å². The summed E-state index contributed by atoms with van der Waals surface area (Å²) < 4.78 is 37.3. The number of hydrogen-bond acceptors (Lipinski definition) is 1. The Balaban J connectivity index is 2.35. The van der Waals surface area contributed by atoms with E-state index in [0.29, 0.717) is 5.56 Å². The maximum absolute atomic E-state index is 12.4. The highest BCUT2D eigenvalue weighted by Gasteiger charge is 2.44. The predicted molar refractivity (Wildman–Crippen MR) is 51.3 cm³/mol. The molecule has 1 aromatic carbocycles. The van der Waals surface area contributed by atoms with Crippen LogP contribution >= 0.6 is 11.8 Å². The lowest BCUT2D eigenvalue weighted by Crippen LogP contribution is -2.20. The summed E-state index contributed by atoms with van der Waals surface area (Å²) in [6.45, 7) is 0. The van der Waals surface area contributed by atoms with E-state index in [1.807, 2.05) is 0 Å². The molecule has 1 aromatic rings. The van der Waals surface area contributed by atoms with Gasteiger partial charge in [0.2, 0.25) is 0 Å². The van der Waals surface area contributed by atoms with Crippen LogP contribution in [0.25, 0.3) is 0 Å². The molecule has 0 radical (unpaired) electrons. The average molecular weight is 236 g/mol. The third kappa shape index (κ3) is 1.96. The van der Waals surface area contributed by atoms with Gasteiger partial charge in [-0.15, -0.1) is 0 Å². The fourth-order valence-corrected chi connectivity index (χ4v) is 1.85. The van der Waals surface area contributed by atoms with Gasteiger partial charge in [0.15, 0.2) is 0 Å². The minimum atomic E-state index is -4.29. The molecule has 1 fully saturated rings. The maximum atomic E-state index is 12.4. The monoisotopic (exact) mass is 235 g/mol. The Morgan fingerprint density at radius 2 is 1.93 bits per heavy atom. The van der Waals surface area contributed by atoms with Crippen molar-refractivity contribution in [2.24, 2.45) is 0 Å². The first kappa shape index (κ1) is 10.8. The van der Waals surface area contributed by atoms with Gasteiger partial charge in [0.05, 0.1) is 11.1 Å². The SMILES string of the molecule is FC(F)(F)c1cccc(C2(NCl)CC2)c1. The summed E-state index contributed by atoms with van der Waals surface area (Å²) in [7, 11) is 0. The topological polar surface area (TPSA) is 12.0 Å². The van der Waals surface area contributed by atoms with Crippen molar-refractivity contribution >= 4 is 11.8 Å². The summed E-state index contributed by atoms with van der Waals surface area (Å²) in [5, 5.41) is 0. The Labute approximate surface area is 90.3 Å². The molecule has 15 heavy (non-hydrogen) atoms. The van der Waals surface area contributed by atoms with Crippen LogP contribution in [0.3, 0.4) is 0 Å². The van der Waals surface area contributed by atoms with Gasteiger partial charge in [-0.05, 0) is 42.3 Å². The van der Waals surface area contributed by atoms with Crippen molar-refractivity contribution in [3.63, 3.8) is 0 Å². The molecule has 1 aliphatic carbocycles. The highest BCUT2D eigenvalue weighted by Crippen LogP contribution is 2.46. The zero-order chi connectivity index (χ0) is 11.1. The first-order valence-corrected chi connectivity index (χ1v) is 4.91. The predicted octanol–water partition coefficient (Wildman–Crippen LogP) is 3.44. The Morgan fingerprint density at radius 3 is 2.40 bits per heavy atom. The average Bonchev–Trinajstić information content (AvgIpc) is 2.97. The van der Waals surface area contributed by atoms with Crippen molar-refractivity contribution in [1.82, 2.24) is 4.84 Å². The first-order chi connectivity index (χ1) is 6.98. The molecule has 0 unspecified atom stereocenters. The molecule has 0 aliphatic heterocycles. The van der Waals surface area contributed by atoms with Crippen LogP contribution in [0.2, 0.25) is 0 Å². The second-order valence-corrected chi connectivity index (χ2v) is 3.94. The van der Waals surface area contributed by atoms with E-state index in [-0.39, 0.29) is 0 Å². The standard InChI is InChI=1S/C10H9ClF3N/c11-15-9(4-5-9)7-2-1-3-8(6-7)10(12,13)14/h1-3,6,15H,4-5H2. The van der Waals surface area contributed by atoms with Gasteiger partial charge in [-0.2, -0.15) is 13.2 Å². The van der Waals surface area contributed by atoms with Crippen molar-refractivity contribution in [2.75, 3.05) is 0 Å². The number of rotatable bonds is 2. The largest absolute Gasteiger partial charge is 0.416 e. The highest BCUT2D eigenvalue weighted by atomic mass is 35.5. The zero-order valence-electron chi connectivity index (χ0n) is 7.74. The van der Waals surface area contributed by atoms with Crippen LogP contribution in [0.1, 0.15) is 24.0 Å². The van der Waals surface area contributed by atoms with E-state index in [2.05, 4.69) is 4.84 Å². The van der Waals surface area contributed by atoms with Crippen molar-refractivity contribution in [3.05, 3.63) is 35.4 Å². The summed E-state index contributed by atoms with van der Waals surface area (Å²) in [5.41, 5.74) is -0.464. The summed E-state index contributed by atoms with van der Waals surface area (Å²) in [6, 6.07) is 5.29. The van der Waals surface area contributed by atoms with E-state index < -0.39 is 17.3 Å². The van der Waals surface area contributed by atoms with Gasteiger partial charge in [0.1, 0.15) is 0 Å². The number of benzene rings is 1. The third-order valence-corrected chi connectivity index (χ3v) is 3.04. The van der Waals surface area contributed by atoms with Gasteiger partial charge in [-0.3, -0.25) is 0 Å². The Bertz CT molecular complexity index is 371. The highest BCUT2D eigenvalue weighted by molar-refractivity contribution is 6.14. The molecule has 82 valence electrons. The van der Waals surface area contributed by atoms with Crippen LogP contribution in [-0.2, 0) is 11.7 Å². The van der Waals surface area contributed by atoms with Crippen LogP contribution in [0, 0.1) is 0 Å². The molecule has 0 bridgehead atoms. The minimum Gasteiger partial charge on any atom is -0.223 e. The number of nitrogens with one attached hydrogen (secondary N) is 1. The Morgan fingerprint density at radius 1 is 1.27 bits per heavy atom. The molecule has 1 aliphatic rings. The van der Waals surface area contributed by atoms with E-state index in [9.17, 15) is 13.2 Å². The van der Waals surface area contributed by atoms with Crippen molar-refractivity contribution < 1.29 is 13.2 Å². The van der Waals surface area contributed by atoms with E-state index in [1.165, 1.54) is 6.07 Å². The molecule has 1 nitrogen and oxygen atoms in total. The molecule has 5 heteroatoms. The lowest BCUT2D eigenvalue weighted by atomic mass is 10.0. The number of alkyl halides is 3. The normalized spacial score (nSPS) is 18.9. The minimum absolute atomic E-state index is 0.442. The van der Waals surface area contributed by atoms with E-state index >= 15 is 0 Å². The quantitative estimate of drug-likeness (QED) is 0.775. The lowest BCUT2D eigenvalue weighted by Gasteiger charge is -2.15. The lowest BCUT2D eigenvalue weighted by molar-refractivity contribution is -0.137. The third-order valence-electron chi connectivity index (χ3n) is 2.67. The summed E-state index contributed by atoms with van der Waals surface area (Å²) in [6.07, 6.45) is -2.74. The Hall–Kier alpha value is -0.740. The van der Waals surface area contributed by atoms with Gasteiger partial charge in [0.25, 0.3) is 0 Å². The molecule has 2 rings (SSSR count). The van der Waals surface area contributed by atoms with Gasteiger partial charge in [-0.25, -0.2) is 4.84 Å². The molecule has 0 atom stereocenters. The molecule has 0 aromatic heterocycles. The van der Waals surface area contributed by atoms with Crippen LogP contribution in [0.5, 0.6) is 0 Å². The van der Waals surface area contributed by atoms with Crippen LogP contribution < -0.4 is 4.84 Å². The zero-order valence-corrected chi connectivity index (χ0v) is 8.49. The molecule has 0 spiro atoms. The number of hydrogen-bond donors (Lipinski definition) is 1. The van der Waals surface area contributed by atoms with Gasteiger partial charge in [0, 0.05) is 0 Å².